The predicted molar refractivity (Wildman–Crippen MR) is 78.3 cm³/mol. The van der Waals surface area contributed by atoms with Gasteiger partial charge in [-0.3, -0.25) is 0 Å². The molecule has 0 heterocycles. The molecule has 0 saturated heterocycles. The van der Waals surface area contributed by atoms with Gasteiger partial charge in [0.15, 0.2) is 0 Å². The average molecular weight is 269 g/mol. The van der Waals surface area contributed by atoms with Gasteiger partial charge in [0.2, 0.25) is 0 Å². The molecular formula is C14H23NO2S. The van der Waals surface area contributed by atoms with Gasteiger partial charge in [-0.25, -0.2) is 0 Å². The van der Waals surface area contributed by atoms with E-state index < -0.39 is 0 Å². The SMILES string of the molecule is CCOc1ccccc1CNCCSCCCO. The van der Waals surface area contributed by atoms with Crippen molar-refractivity contribution in [2.75, 3.05) is 31.3 Å². The number of benzene rings is 1. The predicted octanol–water partition coefficient (Wildman–Crippen LogP) is 2.29. The average Bonchev–Trinajstić information content (AvgIpc) is 2.40. The fourth-order valence-corrected chi connectivity index (χ4v) is 2.41. The second-order valence-corrected chi connectivity index (χ2v) is 5.13. The van der Waals surface area contributed by atoms with E-state index in [1.165, 1.54) is 5.56 Å². The Morgan fingerprint density at radius 1 is 1.28 bits per heavy atom. The summed E-state index contributed by atoms with van der Waals surface area (Å²) in [6.07, 6.45) is 0.887. The van der Waals surface area contributed by atoms with Gasteiger partial charge in [0.05, 0.1) is 6.61 Å². The molecule has 2 N–H and O–H groups in total. The Morgan fingerprint density at radius 2 is 2.11 bits per heavy atom. The molecule has 0 spiro atoms. The zero-order valence-corrected chi connectivity index (χ0v) is 11.8. The van der Waals surface area contributed by atoms with Crippen molar-refractivity contribution in [3.8, 4) is 5.75 Å². The highest BCUT2D eigenvalue weighted by atomic mass is 32.2. The number of ether oxygens (including phenoxy) is 1. The number of hydrogen-bond donors (Lipinski definition) is 2. The summed E-state index contributed by atoms with van der Waals surface area (Å²) < 4.78 is 5.57. The van der Waals surface area contributed by atoms with Gasteiger partial charge >= 0.3 is 0 Å². The molecule has 0 amide bonds. The normalized spacial score (nSPS) is 10.6. The number of thioether (sulfide) groups is 1. The molecule has 0 unspecified atom stereocenters. The summed E-state index contributed by atoms with van der Waals surface area (Å²) in [5.41, 5.74) is 1.21. The van der Waals surface area contributed by atoms with Crippen molar-refractivity contribution in [3.63, 3.8) is 0 Å². The number of para-hydroxylation sites is 1. The van der Waals surface area contributed by atoms with Crippen LogP contribution >= 0.6 is 11.8 Å². The van der Waals surface area contributed by atoms with Gasteiger partial charge in [-0.1, -0.05) is 18.2 Å². The van der Waals surface area contributed by atoms with Crippen molar-refractivity contribution in [1.82, 2.24) is 5.32 Å². The lowest BCUT2D eigenvalue weighted by atomic mass is 10.2. The maximum Gasteiger partial charge on any atom is 0.123 e. The molecule has 0 aromatic heterocycles. The minimum absolute atomic E-state index is 0.294. The van der Waals surface area contributed by atoms with Crippen LogP contribution in [0.15, 0.2) is 24.3 Å². The summed E-state index contributed by atoms with van der Waals surface area (Å²) in [5.74, 6) is 3.09. The smallest absolute Gasteiger partial charge is 0.123 e. The maximum atomic E-state index is 8.66. The summed E-state index contributed by atoms with van der Waals surface area (Å²) in [4.78, 5) is 0. The minimum Gasteiger partial charge on any atom is -0.494 e. The van der Waals surface area contributed by atoms with Crippen molar-refractivity contribution in [3.05, 3.63) is 29.8 Å². The van der Waals surface area contributed by atoms with Crippen LogP contribution in [0.4, 0.5) is 0 Å². The highest BCUT2D eigenvalue weighted by molar-refractivity contribution is 7.99. The lowest BCUT2D eigenvalue weighted by Gasteiger charge is -2.10. The summed E-state index contributed by atoms with van der Waals surface area (Å²) in [6, 6.07) is 8.14. The standard InChI is InChI=1S/C14H23NO2S/c1-2-17-14-7-4-3-6-13(14)12-15-8-11-18-10-5-9-16/h3-4,6-7,15-16H,2,5,8-12H2,1H3. The molecule has 1 aromatic rings. The number of aliphatic hydroxyl groups excluding tert-OH is 1. The summed E-state index contributed by atoms with van der Waals surface area (Å²) >= 11 is 1.87. The van der Waals surface area contributed by atoms with Crippen LogP contribution in [-0.4, -0.2) is 36.4 Å². The van der Waals surface area contributed by atoms with Gasteiger partial charge in [-0.15, -0.1) is 0 Å². The topological polar surface area (TPSA) is 41.5 Å². The summed E-state index contributed by atoms with van der Waals surface area (Å²) in [7, 11) is 0. The van der Waals surface area contributed by atoms with Crippen molar-refractivity contribution in [2.45, 2.75) is 19.9 Å². The molecule has 0 fully saturated rings. The van der Waals surface area contributed by atoms with Crippen LogP contribution in [0.25, 0.3) is 0 Å². The molecule has 0 aliphatic heterocycles. The van der Waals surface area contributed by atoms with E-state index in [9.17, 15) is 0 Å². The van der Waals surface area contributed by atoms with Gasteiger partial charge in [0.1, 0.15) is 5.75 Å². The van der Waals surface area contributed by atoms with Crippen molar-refractivity contribution >= 4 is 11.8 Å². The zero-order chi connectivity index (χ0) is 13.1. The third kappa shape index (κ3) is 6.28. The molecule has 1 rings (SSSR count). The third-order valence-electron chi connectivity index (χ3n) is 2.46. The summed E-state index contributed by atoms with van der Waals surface area (Å²) in [6.45, 7) is 4.82. The van der Waals surface area contributed by atoms with Gasteiger partial charge in [-0.05, 0) is 25.2 Å². The van der Waals surface area contributed by atoms with Crippen LogP contribution in [0, 0.1) is 0 Å². The quantitative estimate of drug-likeness (QED) is 0.640. The molecule has 0 aliphatic rings. The first kappa shape index (κ1) is 15.3. The van der Waals surface area contributed by atoms with Crippen molar-refractivity contribution in [1.29, 1.82) is 0 Å². The highest BCUT2D eigenvalue weighted by Crippen LogP contribution is 2.17. The Morgan fingerprint density at radius 3 is 2.89 bits per heavy atom. The lowest BCUT2D eigenvalue weighted by Crippen LogP contribution is -2.17. The molecule has 0 atom stereocenters. The largest absolute Gasteiger partial charge is 0.494 e. The van der Waals surface area contributed by atoms with Crippen LogP contribution in [0.2, 0.25) is 0 Å². The Kier molecular flexibility index (Phi) is 8.73. The Bertz CT molecular complexity index is 320. The van der Waals surface area contributed by atoms with Gasteiger partial charge in [0, 0.05) is 31.0 Å². The molecule has 0 aliphatic carbocycles. The number of rotatable bonds is 10. The Labute approximate surface area is 114 Å². The zero-order valence-electron chi connectivity index (χ0n) is 11.0. The van der Waals surface area contributed by atoms with Crippen LogP contribution in [-0.2, 0) is 6.54 Å². The Balaban J connectivity index is 2.18. The molecule has 0 saturated carbocycles. The van der Waals surface area contributed by atoms with E-state index in [0.717, 1.165) is 36.8 Å². The first-order valence-electron chi connectivity index (χ1n) is 6.48. The molecule has 3 nitrogen and oxygen atoms in total. The molecule has 102 valence electrons. The van der Waals surface area contributed by atoms with Gasteiger partial charge < -0.3 is 15.2 Å². The van der Waals surface area contributed by atoms with E-state index in [0.29, 0.717) is 13.2 Å². The van der Waals surface area contributed by atoms with Crippen molar-refractivity contribution in [2.24, 2.45) is 0 Å². The van der Waals surface area contributed by atoms with E-state index in [4.69, 9.17) is 9.84 Å². The maximum absolute atomic E-state index is 8.66. The fourth-order valence-electron chi connectivity index (χ4n) is 1.58. The molecule has 1 aromatic carbocycles. The fraction of sp³-hybridized carbons (Fsp3) is 0.571. The first-order chi connectivity index (χ1) is 8.88. The Hall–Kier alpha value is -0.710. The first-order valence-corrected chi connectivity index (χ1v) is 7.64. The molecule has 0 bridgehead atoms. The second-order valence-electron chi connectivity index (χ2n) is 3.91. The van der Waals surface area contributed by atoms with Crippen molar-refractivity contribution < 1.29 is 9.84 Å². The molecule has 4 heteroatoms. The monoisotopic (exact) mass is 269 g/mol. The number of aliphatic hydroxyl groups is 1. The van der Waals surface area contributed by atoms with E-state index in [1.54, 1.807) is 0 Å². The van der Waals surface area contributed by atoms with E-state index in [1.807, 2.05) is 36.9 Å². The van der Waals surface area contributed by atoms with E-state index in [2.05, 4.69) is 11.4 Å². The van der Waals surface area contributed by atoms with Crippen LogP contribution in [0.3, 0.4) is 0 Å². The minimum atomic E-state index is 0.294. The van der Waals surface area contributed by atoms with Crippen LogP contribution in [0.1, 0.15) is 18.9 Å². The highest BCUT2D eigenvalue weighted by Gasteiger charge is 2.01. The van der Waals surface area contributed by atoms with Gasteiger partial charge in [-0.2, -0.15) is 11.8 Å². The van der Waals surface area contributed by atoms with Gasteiger partial charge in [0.25, 0.3) is 0 Å². The second kappa shape index (κ2) is 10.2. The number of hydrogen-bond acceptors (Lipinski definition) is 4. The summed E-state index contributed by atoms with van der Waals surface area (Å²) in [5, 5.41) is 12.1. The molecule has 0 radical (unpaired) electrons. The van der Waals surface area contributed by atoms with E-state index >= 15 is 0 Å². The van der Waals surface area contributed by atoms with E-state index in [-0.39, 0.29) is 0 Å². The third-order valence-corrected chi connectivity index (χ3v) is 3.53. The van der Waals surface area contributed by atoms with Crippen LogP contribution in [0.5, 0.6) is 5.75 Å². The molecular weight excluding hydrogens is 246 g/mol. The van der Waals surface area contributed by atoms with Crippen LogP contribution < -0.4 is 10.1 Å². The molecule has 18 heavy (non-hydrogen) atoms. The lowest BCUT2D eigenvalue weighted by molar-refractivity contribution is 0.296. The number of nitrogens with one attached hydrogen (secondary N) is 1.